The first-order chi connectivity index (χ1) is 11.5. The van der Waals surface area contributed by atoms with E-state index in [4.69, 9.17) is 4.74 Å². The number of benzene rings is 1. The molecule has 1 aromatic rings. The SMILES string of the molecule is CC(=O)NCCC(O)c1cccc(OCC2(O)CCCCCC2)c1. The number of hydrogen-bond acceptors (Lipinski definition) is 4. The van der Waals surface area contributed by atoms with Gasteiger partial charge in [0.1, 0.15) is 12.4 Å². The highest BCUT2D eigenvalue weighted by Crippen LogP contribution is 2.28. The fourth-order valence-electron chi connectivity index (χ4n) is 3.11. The Morgan fingerprint density at radius 3 is 2.67 bits per heavy atom. The third-order valence-corrected chi connectivity index (χ3v) is 4.58. The highest BCUT2D eigenvalue weighted by Gasteiger charge is 2.28. The second kappa shape index (κ2) is 9.04. The van der Waals surface area contributed by atoms with Crippen LogP contribution in [0.5, 0.6) is 5.75 Å². The van der Waals surface area contributed by atoms with Gasteiger partial charge in [-0.15, -0.1) is 0 Å². The molecule has 5 heteroatoms. The number of carbonyl (C=O) groups is 1. The van der Waals surface area contributed by atoms with Gasteiger partial charge in [0.2, 0.25) is 5.91 Å². The van der Waals surface area contributed by atoms with E-state index in [1.54, 1.807) is 6.07 Å². The highest BCUT2D eigenvalue weighted by atomic mass is 16.5. The van der Waals surface area contributed by atoms with Crippen LogP contribution in [0.2, 0.25) is 0 Å². The number of hydrogen-bond donors (Lipinski definition) is 3. The van der Waals surface area contributed by atoms with Crippen LogP contribution >= 0.6 is 0 Å². The molecule has 1 unspecified atom stereocenters. The largest absolute Gasteiger partial charge is 0.491 e. The van der Waals surface area contributed by atoms with Crippen LogP contribution in [0.1, 0.15) is 63.5 Å². The van der Waals surface area contributed by atoms with Gasteiger partial charge in [-0.05, 0) is 37.0 Å². The Bertz CT molecular complexity index is 524. The van der Waals surface area contributed by atoms with Crippen molar-refractivity contribution in [3.63, 3.8) is 0 Å². The smallest absolute Gasteiger partial charge is 0.216 e. The predicted molar refractivity (Wildman–Crippen MR) is 92.8 cm³/mol. The van der Waals surface area contributed by atoms with E-state index in [2.05, 4.69) is 5.32 Å². The maximum atomic E-state index is 10.9. The van der Waals surface area contributed by atoms with E-state index in [1.165, 1.54) is 19.8 Å². The van der Waals surface area contributed by atoms with Gasteiger partial charge in [0.25, 0.3) is 0 Å². The van der Waals surface area contributed by atoms with Crippen molar-refractivity contribution in [1.29, 1.82) is 0 Å². The van der Waals surface area contributed by atoms with Gasteiger partial charge in [-0.25, -0.2) is 0 Å². The van der Waals surface area contributed by atoms with Crippen molar-refractivity contribution in [2.75, 3.05) is 13.2 Å². The number of rotatable bonds is 7. The molecule has 1 fully saturated rings. The van der Waals surface area contributed by atoms with E-state index < -0.39 is 11.7 Å². The summed E-state index contributed by atoms with van der Waals surface area (Å²) in [5.41, 5.74) is 0.0157. The average molecular weight is 335 g/mol. The van der Waals surface area contributed by atoms with Crippen molar-refractivity contribution in [3.8, 4) is 5.75 Å². The first-order valence-corrected chi connectivity index (χ1v) is 8.86. The van der Waals surface area contributed by atoms with E-state index in [1.807, 2.05) is 18.2 Å². The molecule has 0 radical (unpaired) electrons. The summed E-state index contributed by atoms with van der Waals surface area (Å²) in [6.07, 6.45) is 5.81. The Morgan fingerprint density at radius 1 is 1.29 bits per heavy atom. The molecule has 134 valence electrons. The molecule has 0 spiro atoms. The summed E-state index contributed by atoms with van der Waals surface area (Å²) in [6.45, 7) is 2.18. The summed E-state index contributed by atoms with van der Waals surface area (Å²) in [4.78, 5) is 10.9. The summed E-state index contributed by atoms with van der Waals surface area (Å²) in [5.74, 6) is 0.555. The van der Waals surface area contributed by atoms with Crippen molar-refractivity contribution in [1.82, 2.24) is 5.32 Å². The van der Waals surface area contributed by atoms with Crippen LogP contribution in [0.4, 0.5) is 0 Å². The second-order valence-electron chi connectivity index (χ2n) is 6.79. The molecular formula is C19H29NO4. The second-order valence-corrected chi connectivity index (χ2v) is 6.79. The van der Waals surface area contributed by atoms with Gasteiger partial charge in [-0.3, -0.25) is 4.79 Å². The lowest BCUT2D eigenvalue weighted by Crippen LogP contribution is -2.35. The molecule has 1 saturated carbocycles. The number of carbonyl (C=O) groups excluding carboxylic acids is 1. The van der Waals surface area contributed by atoms with Crippen LogP contribution in [0.25, 0.3) is 0 Å². The monoisotopic (exact) mass is 335 g/mol. The number of nitrogens with one attached hydrogen (secondary N) is 1. The quantitative estimate of drug-likeness (QED) is 0.670. The van der Waals surface area contributed by atoms with Crippen LogP contribution in [-0.4, -0.2) is 34.9 Å². The average Bonchev–Trinajstić information content (AvgIpc) is 2.78. The molecular weight excluding hydrogens is 306 g/mol. The van der Waals surface area contributed by atoms with E-state index in [9.17, 15) is 15.0 Å². The van der Waals surface area contributed by atoms with E-state index in [0.29, 0.717) is 25.3 Å². The van der Waals surface area contributed by atoms with Crippen molar-refractivity contribution in [2.45, 2.75) is 63.6 Å². The number of amides is 1. The van der Waals surface area contributed by atoms with Gasteiger partial charge in [0.15, 0.2) is 0 Å². The Kier molecular flexibility index (Phi) is 7.06. The molecule has 2 rings (SSSR count). The van der Waals surface area contributed by atoms with Gasteiger partial charge in [-0.2, -0.15) is 0 Å². The molecule has 0 aromatic heterocycles. The van der Waals surface area contributed by atoms with Crippen LogP contribution in [0, 0.1) is 0 Å². The van der Waals surface area contributed by atoms with E-state index in [0.717, 1.165) is 31.2 Å². The summed E-state index contributed by atoms with van der Waals surface area (Å²) in [5, 5.41) is 23.5. The molecule has 0 aliphatic heterocycles. The molecule has 1 aliphatic carbocycles. The summed E-state index contributed by atoms with van der Waals surface area (Å²) in [6, 6.07) is 7.32. The summed E-state index contributed by atoms with van der Waals surface area (Å²) < 4.78 is 5.81. The molecule has 1 aliphatic rings. The summed E-state index contributed by atoms with van der Waals surface area (Å²) in [7, 11) is 0. The van der Waals surface area contributed by atoms with Crippen molar-refractivity contribution in [2.24, 2.45) is 0 Å². The molecule has 0 heterocycles. The third-order valence-electron chi connectivity index (χ3n) is 4.58. The number of aliphatic hydroxyl groups excluding tert-OH is 1. The minimum Gasteiger partial charge on any atom is -0.491 e. The third kappa shape index (κ3) is 6.13. The summed E-state index contributed by atoms with van der Waals surface area (Å²) >= 11 is 0. The molecule has 5 nitrogen and oxygen atoms in total. The van der Waals surface area contributed by atoms with Crippen LogP contribution in [-0.2, 0) is 4.79 Å². The predicted octanol–water partition coefficient (Wildman–Crippen LogP) is 2.71. The molecule has 0 saturated heterocycles. The van der Waals surface area contributed by atoms with Gasteiger partial charge in [0, 0.05) is 13.5 Å². The first kappa shape index (κ1) is 18.7. The van der Waals surface area contributed by atoms with Gasteiger partial charge >= 0.3 is 0 Å². The van der Waals surface area contributed by atoms with Crippen LogP contribution < -0.4 is 10.1 Å². The molecule has 24 heavy (non-hydrogen) atoms. The zero-order chi connectivity index (χ0) is 17.4. The Labute approximate surface area is 144 Å². The Balaban J connectivity index is 1.88. The standard InChI is InChI=1S/C19H29NO4/c1-15(21)20-12-9-18(22)16-7-6-8-17(13-16)24-14-19(23)10-4-2-3-5-11-19/h6-8,13,18,22-23H,2-5,9-12,14H2,1H3,(H,20,21). The number of aliphatic hydroxyl groups is 2. The highest BCUT2D eigenvalue weighted by molar-refractivity contribution is 5.72. The lowest BCUT2D eigenvalue weighted by atomic mass is 9.96. The Hall–Kier alpha value is -1.59. The van der Waals surface area contributed by atoms with Crippen LogP contribution in [0.15, 0.2) is 24.3 Å². The molecule has 0 bridgehead atoms. The molecule has 1 atom stereocenters. The van der Waals surface area contributed by atoms with Gasteiger partial charge in [0.05, 0.1) is 11.7 Å². The maximum absolute atomic E-state index is 10.9. The van der Waals surface area contributed by atoms with Crippen molar-refractivity contribution >= 4 is 5.91 Å². The number of ether oxygens (including phenoxy) is 1. The zero-order valence-corrected chi connectivity index (χ0v) is 14.5. The van der Waals surface area contributed by atoms with Crippen molar-refractivity contribution < 1.29 is 19.7 Å². The minimum absolute atomic E-state index is 0.101. The molecule has 3 N–H and O–H groups in total. The Morgan fingerprint density at radius 2 is 2.00 bits per heavy atom. The fraction of sp³-hybridized carbons (Fsp3) is 0.632. The van der Waals surface area contributed by atoms with E-state index in [-0.39, 0.29) is 5.91 Å². The van der Waals surface area contributed by atoms with Gasteiger partial charge < -0.3 is 20.3 Å². The lowest BCUT2D eigenvalue weighted by Gasteiger charge is -2.26. The zero-order valence-electron chi connectivity index (χ0n) is 14.5. The first-order valence-electron chi connectivity index (χ1n) is 8.86. The lowest BCUT2D eigenvalue weighted by molar-refractivity contribution is -0.119. The van der Waals surface area contributed by atoms with E-state index >= 15 is 0 Å². The minimum atomic E-state index is -0.740. The van der Waals surface area contributed by atoms with Crippen molar-refractivity contribution in [3.05, 3.63) is 29.8 Å². The molecule has 1 amide bonds. The van der Waals surface area contributed by atoms with Crippen LogP contribution in [0.3, 0.4) is 0 Å². The maximum Gasteiger partial charge on any atom is 0.216 e. The topological polar surface area (TPSA) is 78.8 Å². The fourth-order valence-corrected chi connectivity index (χ4v) is 3.11. The normalized spacial score (nSPS) is 18.5. The molecule has 1 aromatic carbocycles. The van der Waals surface area contributed by atoms with Gasteiger partial charge in [-0.1, -0.05) is 37.8 Å².